The Kier molecular flexibility index (Phi) is 13.6. The number of hydrogen-bond acceptors (Lipinski definition) is 3. The Morgan fingerprint density at radius 2 is 0.612 bits per heavy atom. The molecule has 478 valence electrons. The highest BCUT2D eigenvalue weighted by atomic mass is 32.1. The zero-order valence-corrected chi connectivity index (χ0v) is 56.9. The van der Waals surface area contributed by atoms with Gasteiger partial charge in [-0.2, -0.15) is 0 Å². The van der Waals surface area contributed by atoms with Crippen LogP contribution in [0, 0.1) is 0 Å². The van der Waals surface area contributed by atoms with Crippen molar-refractivity contribution in [1.82, 2.24) is 4.57 Å². The maximum atomic E-state index is 2.71. The maximum Gasteiger partial charge on any atom is 0.252 e. The first-order chi connectivity index (χ1) is 51.1. The molecule has 0 fully saturated rings. The minimum Gasteiger partial charge on any atom is -0.310 e. The van der Waals surface area contributed by atoms with Crippen molar-refractivity contribution >= 4 is 132 Å². The molecule has 0 saturated carbocycles. The number of aromatic nitrogens is 1. The van der Waals surface area contributed by atoms with Crippen molar-refractivity contribution in [2.45, 2.75) is 0 Å². The predicted octanol–water partition coefficient (Wildman–Crippen LogP) is 25.2. The Bertz CT molecular complexity index is 6400. The van der Waals surface area contributed by atoms with Crippen LogP contribution >= 0.6 is 11.3 Å². The third-order valence-electron chi connectivity index (χ3n) is 21.7. The molecule has 2 aliphatic heterocycles. The summed E-state index contributed by atoms with van der Waals surface area (Å²) in [6.45, 7) is -0.281. The minimum absolute atomic E-state index is 0.281. The predicted molar refractivity (Wildman–Crippen MR) is 441 cm³/mol. The van der Waals surface area contributed by atoms with Crippen LogP contribution in [0.2, 0.25) is 0 Å². The molecule has 4 heterocycles. The number of thiophene rings is 1. The molecule has 21 rings (SSSR count). The first-order valence-corrected chi connectivity index (χ1v) is 36.4. The summed E-state index contributed by atoms with van der Waals surface area (Å²) in [6, 6.07) is 141. The van der Waals surface area contributed by atoms with Gasteiger partial charge in [0.1, 0.15) is 0 Å². The molecular formula is C98H62BN3S. The molecule has 0 atom stereocenters. The number of benzene rings is 17. The first kappa shape index (κ1) is 58.9. The molecule has 0 N–H and O–H groups in total. The SMILES string of the molecule is c1ccc(-c2cccc(-c3ccccc3)c2N2c3ccc(-c4ccc5sc6ccccc6c5c4)cc3B3c4ccc(-c5c6ccccc6c(-c6ccccc6)c6ccccc56)cc4N(c4c(-c5ccccc5)cccc4-c4ccccc4)c4cc(-n5c6ccccc6c6ccccc65)cc2c43)cc1. The number of rotatable bonds is 10. The van der Waals surface area contributed by atoms with Gasteiger partial charge in [-0.05, 0) is 148 Å². The van der Waals surface area contributed by atoms with E-state index in [4.69, 9.17) is 0 Å². The molecule has 2 aromatic heterocycles. The molecule has 0 spiro atoms. The van der Waals surface area contributed by atoms with Crippen molar-refractivity contribution in [3.63, 3.8) is 0 Å². The summed E-state index contributed by atoms with van der Waals surface area (Å²) in [5.41, 5.74) is 29.9. The highest BCUT2D eigenvalue weighted by molar-refractivity contribution is 7.25. The van der Waals surface area contributed by atoms with Gasteiger partial charge in [-0.1, -0.05) is 322 Å². The zero-order chi connectivity index (χ0) is 67.6. The smallest absolute Gasteiger partial charge is 0.252 e. The largest absolute Gasteiger partial charge is 0.310 e. The van der Waals surface area contributed by atoms with Crippen LogP contribution in [0.25, 0.3) is 147 Å². The van der Waals surface area contributed by atoms with Gasteiger partial charge in [-0.15, -0.1) is 11.3 Å². The summed E-state index contributed by atoms with van der Waals surface area (Å²) >= 11 is 1.87. The van der Waals surface area contributed by atoms with Crippen molar-refractivity contribution in [2.24, 2.45) is 0 Å². The normalized spacial score (nSPS) is 12.4. The van der Waals surface area contributed by atoms with E-state index in [1.54, 1.807) is 0 Å². The number of para-hydroxylation sites is 4. The topological polar surface area (TPSA) is 11.4 Å². The lowest BCUT2D eigenvalue weighted by Gasteiger charge is -2.46. The molecule has 0 amide bonds. The summed E-state index contributed by atoms with van der Waals surface area (Å²) in [7, 11) is 0. The van der Waals surface area contributed by atoms with Crippen LogP contribution in [-0.2, 0) is 0 Å². The highest BCUT2D eigenvalue weighted by Crippen LogP contribution is 2.55. The monoisotopic (exact) mass is 1320 g/mol. The molecule has 0 radical (unpaired) electrons. The molecule has 5 heteroatoms. The third kappa shape index (κ3) is 9.30. The fourth-order valence-corrected chi connectivity index (χ4v) is 18.4. The second-order valence-electron chi connectivity index (χ2n) is 27.3. The van der Waals surface area contributed by atoms with E-state index in [1.807, 2.05) is 11.3 Å². The lowest BCUT2D eigenvalue weighted by molar-refractivity contribution is 1.16. The van der Waals surface area contributed by atoms with Crippen molar-refractivity contribution in [2.75, 3.05) is 9.80 Å². The first-order valence-electron chi connectivity index (χ1n) is 35.6. The van der Waals surface area contributed by atoms with E-state index in [-0.39, 0.29) is 6.71 Å². The average Bonchev–Trinajstić information content (AvgIpc) is 1.07. The van der Waals surface area contributed by atoms with Crippen molar-refractivity contribution in [1.29, 1.82) is 0 Å². The fourth-order valence-electron chi connectivity index (χ4n) is 17.4. The summed E-state index contributed by atoms with van der Waals surface area (Å²) in [5, 5.41) is 9.83. The van der Waals surface area contributed by atoms with E-state index in [9.17, 15) is 0 Å². The zero-order valence-electron chi connectivity index (χ0n) is 56.1. The van der Waals surface area contributed by atoms with E-state index < -0.39 is 0 Å². The molecule has 0 aliphatic carbocycles. The number of nitrogens with zero attached hydrogens (tertiary/aromatic N) is 3. The van der Waals surface area contributed by atoms with Gasteiger partial charge in [0.2, 0.25) is 0 Å². The van der Waals surface area contributed by atoms with E-state index in [0.717, 1.165) is 101 Å². The van der Waals surface area contributed by atoms with Gasteiger partial charge in [-0.3, -0.25) is 0 Å². The van der Waals surface area contributed by atoms with Gasteiger partial charge >= 0.3 is 0 Å². The summed E-state index contributed by atoms with van der Waals surface area (Å²) in [5.74, 6) is 0. The summed E-state index contributed by atoms with van der Waals surface area (Å²) in [4.78, 5) is 5.39. The molecule has 17 aromatic carbocycles. The molecule has 3 nitrogen and oxygen atoms in total. The Morgan fingerprint density at radius 1 is 0.223 bits per heavy atom. The van der Waals surface area contributed by atoms with E-state index >= 15 is 0 Å². The fraction of sp³-hybridized carbons (Fsp3) is 0. The molecule has 0 unspecified atom stereocenters. The van der Waals surface area contributed by atoms with E-state index in [1.165, 1.54) is 96.7 Å². The van der Waals surface area contributed by atoms with Crippen LogP contribution in [0.4, 0.5) is 34.1 Å². The second kappa shape index (κ2) is 23.8. The van der Waals surface area contributed by atoms with Gasteiger partial charge in [0, 0.05) is 75.9 Å². The van der Waals surface area contributed by atoms with Gasteiger partial charge in [-0.25, -0.2) is 0 Å². The maximum absolute atomic E-state index is 2.71. The average molecular weight is 1320 g/mol. The molecule has 0 saturated heterocycles. The van der Waals surface area contributed by atoms with Crippen LogP contribution in [0.1, 0.15) is 0 Å². The number of fused-ring (bicyclic) bond motifs is 12. The molecule has 0 bridgehead atoms. The molecule has 19 aromatic rings. The van der Waals surface area contributed by atoms with Crippen LogP contribution in [0.15, 0.2) is 376 Å². The Balaban J connectivity index is 0.948. The Labute approximate surface area is 602 Å². The van der Waals surface area contributed by atoms with E-state index in [0.29, 0.717) is 0 Å². The molecule has 103 heavy (non-hydrogen) atoms. The molecular weight excluding hydrogens is 1260 g/mol. The number of hydrogen-bond donors (Lipinski definition) is 0. The van der Waals surface area contributed by atoms with E-state index in [2.05, 4.69) is 390 Å². The van der Waals surface area contributed by atoms with Gasteiger partial charge in [0.25, 0.3) is 6.71 Å². The van der Waals surface area contributed by atoms with Crippen LogP contribution in [-0.4, -0.2) is 11.3 Å². The second-order valence-corrected chi connectivity index (χ2v) is 28.4. The third-order valence-corrected chi connectivity index (χ3v) is 22.9. The van der Waals surface area contributed by atoms with Crippen molar-refractivity contribution in [3.8, 4) is 83.6 Å². The lowest BCUT2D eigenvalue weighted by atomic mass is 9.33. The number of anilines is 6. The van der Waals surface area contributed by atoms with Crippen LogP contribution in [0.3, 0.4) is 0 Å². The quantitative estimate of drug-likeness (QED) is 0.0999. The Morgan fingerprint density at radius 3 is 1.12 bits per heavy atom. The highest BCUT2D eigenvalue weighted by Gasteiger charge is 2.46. The van der Waals surface area contributed by atoms with Crippen LogP contribution in [0.5, 0.6) is 0 Å². The van der Waals surface area contributed by atoms with Gasteiger partial charge < -0.3 is 14.4 Å². The van der Waals surface area contributed by atoms with Gasteiger partial charge in [0.15, 0.2) is 0 Å². The standard InChI is InChI=1S/C98H62BN3S/c1-6-28-63(29-7-1)72-45-26-46-73(64-30-8-2-9-31-64)97(72)101-88-56-53-69(68-54-57-93-83(58-68)78-40-22-25-51-92(78)103-93)59-85(88)99-84-55-52-70(95-81-43-18-16-41-79(81)94(67-36-14-5-15-37-67)80-42-17-19-44-82(80)95)60-89(84)102(98-74(65-32-10-3-11-33-65)47-27-48-75(98)66-34-12-4-13-35-66)91-62-71(61-90(101)96(91)99)100-86-49-23-20-38-76(86)77-39-21-24-50-87(77)100/h1-62H. The summed E-state index contributed by atoms with van der Waals surface area (Å²) in [6.07, 6.45) is 0. The summed E-state index contributed by atoms with van der Waals surface area (Å²) < 4.78 is 5.12. The van der Waals surface area contributed by atoms with Gasteiger partial charge in [0.05, 0.1) is 28.1 Å². The lowest BCUT2D eigenvalue weighted by Crippen LogP contribution is -2.61. The molecule has 2 aliphatic rings. The minimum atomic E-state index is -0.281. The van der Waals surface area contributed by atoms with Crippen LogP contribution < -0.4 is 26.2 Å². The van der Waals surface area contributed by atoms with Crippen molar-refractivity contribution < 1.29 is 0 Å². The van der Waals surface area contributed by atoms with Crippen molar-refractivity contribution in [3.05, 3.63) is 376 Å². The Hall–Kier alpha value is -13.1.